The third-order valence-corrected chi connectivity index (χ3v) is 20.2. The fraction of sp³-hybridized carbons (Fsp3) is 0.947. The second kappa shape index (κ2) is 65.4. The Kier molecular flexibility index (Phi) is 64.0. The largest absolute Gasteiger partial charge is 0.472 e. The summed E-state index contributed by atoms with van der Waals surface area (Å²) in [6.45, 7) is 14.2. The Balaban J connectivity index is 5.22. The maximum atomic E-state index is 13.1. The zero-order chi connectivity index (χ0) is 70.3. The highest BCUT2D eigenvalue weighted by Crippen LogP contribution is 2.45. The van der Waals surface area contributed by atoms with Crippen LogP contribution in [-0.2, 0) is 65.4 Å². The molecule has 0 rings (SSSR count). The Morgan fingerprint density at radius 3 is 0.747 bits per heavy atom. The number of hydrogen-bond donors (Lipinski definition) is 3. The van der Waals surface area contributed by atoms with Gasteiger partial charge >= 0.3 is 39.5 Å². The van der Waals surface area contributed by atoms with Gasteiger partial charge in [0.2, 0.25) is 0 Å². The number of rotatable bonds is 73. The van der Waals surface area contributed by atoms with Gasteiger partial charge in [0.05, 0.1) is 26.4 Å². The number of phosphoric acid groups is 2. The molecule has 0 aromatic carbocycles. The van der Waals surface area contributed by atoms with Gasteiger partial charge in [0.25, 0.3) is 0 Å². The van der Waals surface area contributed by atoms with E-state index < -0.39 is 97.5 Å². The van der Waals surface area contributed by atoms with E-state index in [0.29, 0.717) is 31.6 Å². The summed E-state index contributed by atoms with van der Waals surface area (Å²) in [6.07, 6.45) is 50.0. The second-order valence-electron chi connectivity index (χ2n) is 28.8. The molecule has 0 aromatic rings. The molecule has 0 fully saturated rings. The minimum atomic E-state index is -4.96. The van der Waals surface area contributed by atoms with Crippen LogP contribution in [-0.4, -0.2) is 96.7 Å². The van der Waals surface area contributed by atoms with E-state index in [-0.39, 0.29) is 25.7 Å². The van der Waals surface area contributed by atoms with E-state index in [1.165, 1.54) is 173 Å². The van der Waals surface area contributed by atoms with Crippen molar-refractivity contribution in [1.82, 2.24) is 0 Å². The number of carbonyl (C=O) groups excluding carboxylic acids is 4. The molecule has 0 bridgehead atoms. The van der Waals surface area contributed by atoms with Crippen molar-refractivity contribution in [2.24, 2.45) is 23.7 Å². The first-order valence-electron chi connectivity index (χ1n) is 39.3. The minimum Gasteiger partial charge on any atom is -0.462 e. The van der Waals surface area contributed by atoms with E-state index in [0.717, 1.165) is 120 Å². The monoisotopic (exact) mass is 1400 g/mol. The first-order valence-corrected chi connectivity index (χ1v) is 42.3. The van der Waals surface area contributed by atoms with Crippen molar-refractivity contribution in [1.29, 1.82) is 0 Å². The molecule has 19 heteroatoms. The number of aliphatic hydroxyl groups excluding tert-OH is 1. The molecule has 0 saturated carbocycles. The van der Waals surface area contributed by atoms with Gasteiger partial charge in [-0.1, -0.05) is 331 Å². The van der Waals surface area contributed by atoms with E-state index in [4.69, 9.17) is 37.0 Å². The van der Waals surface area contributed by atoms with Crippen LogP contribution >= 0.6 is 15.6 Å². The van der Waals surface area contributed by atoms with Crippen LogP contribution in [0.1, 0.15) is 383 Å². The minimum absolute atomic E-state index is 0.106. The van der Waals surface area contributed by atoms with Crippen LogP contribution < -0.4 is 0 Å². The molecule has 0 heterocycles. The highest BCUT2D eigenvalue weighted by atomic mass is 31.2. The van der Waals surface area contributed by atoms with Gasteiger partial charge in [-0.15, -0.1) is 0 Å². The molecular formula is C76H148O17P2. The summed E-state index contributed by atoms with van der Waals surface area (Å²) in [5.74, 6) is 0.954. The van der Waals surface area contributed by atoms with Crippen molar-refractivity contribution in [2.75, 3.05) is 39.6 Å². The maximum absolute atomic E-state index is 13.1. The average Bonchev–Trinajstić information content (AvgIpc) is 1.58. The molecule has 17 nitrogen and oxygen atoms in total. The summed E-state index contributed by atoms with van der Waals surface area (Å²) >= 11 is 0. The van der Waals surface area contributed by atoms with E-state index in [1.54, 1.807) is 0 Å². The van der Waals surface area contributed by atoms with E-state index in [9.17, 15) is 43.2 Å². The zero-order valence-corrected chi connectivity index (χ0v) is 64.1. The summed E-state index contributed by atoms with van der Waals surface area (Å²) in [7, 11) is -9.91. The van der Waals surface area contributed by atoms with Crippen LogP contribution in [0, 0.1) is 23.7 Å². The normalized spacial score (nSPS) is 14.7. The van der Waals surface area contributed by atoms with Crippen LogP contribution in [0.3, 0.4) is 0 Å². The number of aliphatic hydroxyl groups is 1. The van der Waals surface area contributed by atoms with Crippen molar-refractivity contribution in [3.8, 4) is 0 Å². The molecule has 0 aromatic heterocycles. The van der Waals surface area contributed by atoms with Gasteiger partial charge in [0.15, 0.2) is 12.2 Å². The van der Waals surface area contributed by atoms with E-state index >= 15 is 0 Å². The van der Waals surface area contributed by atoms with Gasteiger partial charge in [-0.05, 0) is 49.4 Å². The molecule has 4 unspecified atom stereocenters. The average molecular weight is 1400 g/mol. The smallest absolute Gasteiger partial charge is 0.462 e. The van der Waals surface area contributed by atoms with Crippen molar-refractivity contribution in [2.45, 2.75) is 401 Å². The van der Waals surface area contributed by atoms with Crippen molar-refractivity contribution >= 4 is 39.5 Å². The summed E-state index contributed by atoms with van der Waals surface area (Å²) in [5.41, 5.74) is 0. The molecule has 564 valence electrons. The first kappa shape index (κ1) is 93.1. The number of esters is 4. The Morgan fingerprint density at radius 1 is 0.295 bits per heavy atom. The summed E-state index contributed by atoms with van der Waals surface area (Å²) < 4.78 is 68.5. The Labute approximate surface area is 581 Å². The Morgan fingerprint density at radius 2 is 0.505 bits per heavy atom. The zero-order valence-electron chi connectivity index (χ0n) is 62.3. The SMILES string of the molecule is CCC(C)CCCCCCCCCCCCCCCCC(=O)O[C@H](COC(=O)CCCCCCCCCC(C)C)COP(=O)(O)OC[C@@H](O)COP(=O)(O)OC[C@@H](COC(=O)CCCCCCCCC(C)CC)OC(=O)CCCCCCCCCCCCCCCCC(C)C. The van der Waals surface area contributed by atoms with Crippen LogP contribution in [0.2, 0.25) is 0 Å². The lowest BCUT2D eigenvalue weighted by Gasteiger charge is -2.21. The standard InChI is InChI=1S/C76H148O17P2/c1-9-68(7)54-46-38-30-24-20-16-12-14-18-22-26-32-43-51-58-75(80)92-71(62-86-73(78)56-48-40-33-27-29-37-45-53-67(5)6)64-90-94(82,83)88-60-70(77)61-89-95(84,85)91-65-72(63-87-74(79)57-49-41-35-34-39-47-55-69(8)10-2)93-76(81)59-50-42-31-25-21-17-13-11-15-19-23-28-36-44-52-66(3)4/h66-72,77H,9-65H2,1-8H3,(H,82,83)(H,84,85)/t68?,69?,70-,71-,72-/m1/s1. The van der Waals surface area contributed by atoms with Crippen LogP contribution in [0.15, 0.2) is 0 Å². The molecule has 0 spiro atoms. The lowest BCUT2D eigenvalue weighted by atomic mass is 9.99. The molecular weight excluding hydrogens is 1250 g/mol. The van der Waals surface area contributed by atoms with Crippen molar-refractivity contribution in [3.63, 3.8) is 0 Å². The fourth-order valence-electron chi connectivity index (χ4n) is 11.5. The van der Waals surface area contributed by atoms with E-state index in [2.05, 4.69) is 55.4 Å². The van der Waals surface area contributed by atoms with Crippen LogP contribution in [0.5, 0.6) is 0 Å². The maximum Gasteiger partial charge on any atom is 0.472 e. The number of unbranched alkanes of at least 4 members (excludes halogenated alkanes) is 37. The van der Waals surface area contributed by atoms with Crippen molar-refractivity contribution in [3.05, 3.63) is 0 Å². The fourth-order valence-corrected chi connectivity index (χ4v) is 13.1. The summed E-state index contributed by atoms with van der Waals surface area (Å²) in [5, 5.41) is 10.6. The molecule has 7 atom stereocenters. The van der Waals surface area contributed by atoms with Gasteiger partial charge in [0, 0.05) is 25.7 Å². The Hall–Kier alpha value is -1.94. The lowest BCUT2D eigenvalue weighted by Crippen LogP contribution is -2.30. The van der Waals surface area contributed by atoms with Crippen molar-refractivity contribution < 1.29 is 80.2 Å². The third kappa shape index (κ3) is 67.6. The van der Waals surface area contributed by atoms with Gasteiger partial charge < -0.3 is 33.8 Å². The van der Waals surface area contributed by atoms with Gasteiger partial charge in [-0.2, -0.15) is 0 Å². The second-order valence-corrected chi connectivity index (χ2v) is 31.7. The van der Waals surface area contributed by atoms with Crippen LogP contribution in [0.25, 0.3) is 0 Å². The summed E-state index contributed by atoms with van der Waals surface area (Å²) in [6, 6.07) is 0. The van der Waals surface area contributed by atoms with Crippen LogP contribution in [0.4, 0.5) is 0 Å². The third-order valence-electron chi connectivity index (χ3n) is 18.3. The Bertz CT molecular complexity index is 1870. The molecule has 3 N–H and O–H groups in total. The predicted octanol–water partition coefficient (Wildman–Crippen LogP) is 22.0. The van der Waals surface area contributed by atoms with E-state index in [1.807, 2.05) is 0 Å². The summed E-state index contributed by atoms with van der Waals surface area (Å²) in [4.78, 5) is 72.8. The number of phosphoric ester groups is 2. The quantitative estimate of drug-likeness (QED) is 0.0222. The van der Waals surface area contributed by atoms with Gasteiger partial charge in [-0.25, -0.2) is 9.13 Å². The molecule has 0 aliphatic heterocycles. The number of ether oxygens (including phenoxy) is 4. The molecule has 0 amide bonds. The number of carbonyl (C=O) groups is 4. The molecule has 0 radical (unpaired) electrons. The van der Waals surface area contributed by atoms with Gasteiger partial charge in [0.1, 0.15) is 19.3 Å². The predicted molar refractivity (Wildman–Crippen MR) is 386 cm³/mol. The highest BCUT2D eigenvalue weighted by Gasteiger charge is 2.30. The molecule has 0 aliphatic carbocycles. The topological polar surface area (TPSA) is 237 Å². The molecule has 95 heavy (non-hydrogen) atoms. The lowest BCUT2D eigenvalue weighted by molar-refractivity contribution is -0.161. The first-order chi connectivity index (χ1) is 45.7. The van der Waals surface area contributed by atoms with Gasteiger partial charge in [-0.3, -0.25) is 37.3 Å². The highest BCUT2D eigenvalue weighted by molar-refractivity contribution is 7.47. The number of hydrogen-bond acceptors (Lipinski definition) is 15. The molecule has 0 saturated heterocycles. The molecule has 0 aliphatic rings.